The van der Waals surface area contributed by atoms with Gasteiger partial charge in [0.25, 0.3) is 0 Å². The van der Waals surface area contributed by atoms with E-state index in [0.717, 1.165) is 50.8 Å². The fraction of sp³-hybridized carbons (Fsp3) is 0.524. The fourth-order valence-electron chi connectivity index (χ4n) is 4.56. The molecule has 0 amide bonds. The summed E-state index contributed by atoms with van der Waals surface area (Å²) in [5.41, 5.74) is 0.934. The summed E-state index contributed by atoms with van der Waals surface area (Å²) in [6.07, 6.45) is 5.26. The van der Waals surface area contributed by atoms with Gasteiger partial charge in [0.1, 0.15) is 17.4 Å². The average molecular weight is 385 g/mol. The van der Waals surface area contributed by atoms with Crippen molar-refractivity contribution in [3.63, 3.8) is 0 Å². The highest BCUT2D eigenvalue weighted by Crippen LogP contribution is 2.40. The second-order valence-corrected chi connectivity index (χ2v) is 7.93. The number of hydrogen-bond donors (Lipinski definition) is 1. The van der Waals surface area contributed by atoms with Gasteiger partial charge in [0, 0.05) is 50.4 Å². The van der Waals surface area contributed by atoms with Crippen molar-refractivity contribution in [2.24, 2.45) is 5.41 Å². The average Bonchev–Trinajstić information content (AvgIpc) is 3.13. The highest BCUT2D eigenvalue weighted by atomic mass is 19.1. The van der Waals surface area contributed by atoms with E-state index in [2.05, 4.69) is 25.1 Å². The normalized spacial score (nSPS) is 22.6. The lowest BCUT2D eigenvalue weighted by Crippen LogP contribution is -2.44. The van der Waals surface area contributed by atoms with Gasteiger partial charge in [-0.05, 0) is 50.1 Å². The lowest BCUT2D eigenvalue weighted by atomic mass is 9.79. The third-order valence-electron chi connectivity index (χ3n) is 6.01. The maximum absolute atomic E-state index is 14.3. The largest absolute Gasteiger partial charge is 0.497 e. The first-order chi connectivity index (χ1) is 13.6. The van der Waals surface area contributed by atoms with E-state index in [-0.39, 0.29) is 11.2 Å². The predicted octanol–water partition coefficient (Wildman–Crippen LogP) is 3.16. The molecule has 2 aromatic rings. The van der Waals surface area contributed by atoms with Crippen LogP contribution in [0.1, 0.15) is 24.8 Å². The quantitative estimate of drug-likeness (QED) is 0.853. The van der Waals surface area contributed by atoms with Crippen LogP contribution in [0.3, 0.4) is 0 Å². The van der Waals surface area contributed by atoms with Gasteiger partial charge in [-0.1, -0.05) is 0 Å². The molecule has 0 aliphatic carbocycles. The van der Waals surface area contributed by atoms with Crippen LogP contribution in [0.2, 0.25) is 0 Å². The van der Waals surface area contributed by atoms with E-state index in [1.54, 1.807) is 19.4 Å². The second kappa shape index (κ2) is 7.91. The number of ether oxygens (including phenoxy) is 1. The number of piperidine rings is 1. The minimum absolute atomic E-state index is 0.161. The maximum Gasteiger partial charge on any atom is 0.227 e. The summed E-state index contributed by atoms with van der Waals surface area (Å²) in [5.74, 6) is 2.17. The molecule has 6 nitrogen and oxygen atoms in total. The zero-order valence-electron chi connectivity index (χ0n) is 16.6. The minimum atomic E-state index is -0.161. The molecule has 1 atom stereocenters. The number of methoxy groups -OCH3 is 1. The Labute approximate surface area is 165 Å². The van der Waals surface area contributed by atoms with Crippen molar-refractivity contribution < 1.29 is 9.13 Å². The van der Waals surface area contributed by atoms with Crippen LogP contribution >= 0.6 is 0 Å². The number of halogens is 1. The summed E-state index contributed by atoms with van der Waals surface area (Å²) >= 11 is 0. The van der Waals surface area contributed by atoms with Gasteiger partial charge in [-0.3, -0.25) is 4.90 Å². The molecular weight excluding hydrogens is 357 g/mol. The zero-order chi connectivity index (χ0) is 19.6. The lowest BCUT2D eigenvalue weighted by molar-refractivity contribution is 0.0981. The van der Waals surface area contributed by atoms with Gasteiger partial charge < -0.3 is 15.0 Å². The van der Waals surface area contributed by atoms with Crippen molar-refractivity contribution in [2.45, 2.75) is 25.8 Å². The monoisotopic (exact) mass is 385 g/mol. The first kappa shape index (κ1) is 18.9. The number of hydrogen-bond acceptors (Lipinski definition) is 6. The highest BCUT2D eigenvalue weighted by molar-refractivity contribution is 5.42. The van der Waals surface area contributed by atoms with Crippen LogP contribution in [-0.4, -0.2) is 55.2 Å². The zero-order valence-corrected chi connectivity index (χ0v) is 16.6. The van der Waals surface area contributed by atoms with Gasteiger partial charge >= 0.3 is 0 Å². The number of likely N-dealkylation sites (tertiary alicyclic amines) is 1. The molecule has 1 aromatic heterocycles. The number of aromatic nitrogens is 2. The summed E-state index contributed by atoms with van der Waals surface area (Å²) in [6.45, 7) is 4.53. The van der Waals surface area contributed by atoms with Crippen LogP contribution in [0.4, 0.5) is 16.2 Å². The van der Waals surface area contributed by atoms with E-state index in [0.29, 0.717) is 17.9 Å². The van der Waals surface area contributed by atoms with Gasteiger partial charge in [0.2, 0.25) is 5.95 Å². The van der Waals surface area contributed by atoms with E-state index in [1.807, 2.05) is 19.2 Å². The third-order valence-corrected chi connectivity index (χ3v) is 6.01. The molecule has 0 radical (unpaired) electrons. The summed E-state index contributed by atoms with van der Waals surface area (Å²) in [6, 6.07) is 6.86. The van der Waals surface area contributed by atoms with E-state index >= 15 is 0 Å². The van der Waals surface area contributed by atoms with Crippen LogP contribution in [0.15, 0.2) is 30.5 Å². The Hall–Kier alpha value is -2.41. The number of anilines is 2. The Morgan fingerprint density at radius 2 is 2.11 bits per heavy atom. The molecule has 1 unspecified atom stereocenters. The lowest BCUT2D eigenvalue weighted by Gasteiger charge is -2.40. The minimum Gasteiger partial charge on any atom is -0.497 e. The molecule has 1 N–H and O–H groups in total. The second-order valence-electron chi connectivity index (χ2n) is 7.93. The molecule has 2 fully saturated rings. The SMILES string of the molecule is CNc1ccnc(N2CCC3(CCCN(Cc4cc(OC)ccc4F)C3)C2)n1. The topological polar surface area (TPSA) is 53.5 Å². The smallest absolute Gasteiger partial charge is 0.227 e. The van der Waals surface area contributed by atoms with Gasteiger partial charge in [0.15, 0.2) is 0 Å². The Morgan fingerprint density at radius 1 is 1.21 bits per heavy atom. The molecule has 2 aliphatic rings. The summed E-state index contributed by atoms with van der Waals surface area (Å²) < 4.78 is 19.5. The van der Waals surface area contributed by atoms with Crippen LogP contribution in [0, 0.1) is 11.2 Å². The molecule has 150 valence electrons. The van der Waals surface area contributed by atoms with E-state index < -0.39 is 0 Å². The van der Waals surface area contributed by atoms with Crippen molar-refractivity contribution in [2.75, 3.05) is 50.6 Å². The standard InChI is InChI=1S/C21H28FN5O/c1-23-19-6-9-24-20(25-19)27-11-8-21(15-27)7-3-10-26(14-21)13-16-12-17(28-2)4-5-18(16)22/h4-6,9,12H,3,7-8,10-11,13-15H2,1-2H3,(H,23,24,25). The fourth-order valence-corrected chi connectivity index (χ4v) is 4.56. The number of rotatable bonds is 5. The Bertz CT molecular complexity index is 832. The molecule has 0 saturated carbocycles. The molecule has 3 heterocycles. The van der Waals surface area contributed by atoms with E-state index in [9.17, 15) is 4.39 Å². The molecule has 0 bridgehead atoms. The Kier molecular flexibility index (Phi) is 5.35. The van der Waals surface area contributed by atoms with Gasteiger partial charge in [-0.25, -0.2) is 9.37 Å². The first-order valence-electron chi connectivity index (χ1n) is 9.91. The van der Waals surface area contributed by atoms with Gasteiger partial charge in [0.05, 0.1) is 7.11 Å². The van der Waals surface area contributed by atoms with E-state index in [1.165, 1.54) is 12.5 Å². The number of nitrogens with zero attached hydrogens (tertiary/aromatic N) is 4. The van der Waals surface area contributed by atoms with Crippen molar-refractivity contribution >= 4 is 11.8 Å². The third kappa shape index (κ3) is 3.90. The van der Waals surface area contributed by atoms with E-state index in [4.69, 9.17) is 4.74 Å². The number of benzene rings is 1. The van der Waals surface area contributed by atoms with Crippen molar-refractivity contribution in [1.82, 2.24) is 14.9 Å². The van der Waals surface area contributed by atoms with Crippen molar-refractivity contribution in [1.29, 1.82) is 0 Å². The van der Waals surface area contributed by atoms with Crippen LogP contribution in [0.25, 0.3) is 0 Å². The first-order valence-corrected chi connectivity index (χ1v) is 9.91. The van der Waals surface area contributed by atoms with Crippen LogP contribution < -0.4 is 15.0 Å². The molecule has 2 saturated heterocycles. The molecular formula is C21H28FN5O. The Morgan fingerprint density at radius 3 is 2.93 bits per heavy atom. The number of nitrogens with one attached hydrogen (secondary N) is 1. The summed E-state index contributed by atoms with van der Waals surface area (Å²) in [5, 5.41) is 3.08. The molecule has 1 aromatic carbocycles. The molecule has 1 spiro atoms. The molecule has 4 rings (SSSR count). The highest BCUT2D eigenvalue weighted by Gasteiger charge is 2.42. The Balaban J connectivity index is 1.45. The van der Waals surface area contributed by atoms with Crippen LogP contribution in [0.5, 0.6) is 5.75 Å². The van der Waals surface area contributed by atoms with Crippen molar-refractivity contribution in [3.05, 3.63) is 41.8 Å². The maximum atomic E-state index is 14.3. The summed E-state index contributed by atoms with van der Waals surface area (Å²) in [4.78, 5) is 13.7. The molecule has 28 heavy (non-hydrogen) atoms. The predicted molar refractivity (Wildman–Crippen MR) is 108 cm³/mol. The summed E-state index contributed by atoms with van der Waals surface area (Å²) in [7, 11) is 3.49. The van der Waals surface area contributed by atoms with Crippen LogP contribution in [-0.2, 0) is 6.54 Å². The van der Waals surface area contributed by atoms with Crippen molar-refractivity contribution in [3.8, 4) is 5.75 Å². The molecule has 2 aliphatic heterocycles. The van der Waals surface area contributed by atoms with Gasteiger partial charge in [-0.15, -0.1) is 0 Å². The van der Waals surface area contributed by atoms with Gasteiger partial charge in [-0.2, -0.15) is 4.98 Å². The molecule has 7 heteroatoms.